The van der Waals surface area contributed by atoms with Crippen molar-refractivity contribution < 1.29 is 19.8 Å². The first-order valence-electron chi connectivity index (χ1n) is 8.59. The maximum Gasteiger partial charge on any atom is 0.254 e. The molecular weight excluding hydrogens is 332 g/mol. The van der Waals surface area contributed by atoms with E-state index in [1.807, 2.05) is 12.1 Å². The first kappa shape index (κ1) is 18.1. The van der Waals surface area contributed by atoms with Crippen molar-refractivity contribution in [1.29, 1.82) is 0 Å². The van der Waals surface area contributed by atoms with Crippen molar-refractivity contribution in [3.8, 4) is 0 Å². The van der Waals surface area contributed by atoms with Crippen LogP contribution in [0.25, 0.3) is 0 Å². The Balaban J connectivity index is 1.72. The van der Waals surface area contributed by atoms with Gasteiger partial charge < -0.3 is 20.0 Å². The number of aliphatic hydroxyl groups excluding tert-OH is 2. The molecule has 1 saturated heterocycles. The van der Waals surface area contributed by atoms with Crippen LogP contribution in [0.4, 0.5) is 0 Å². The van der Waals surface area contributed by atoms with E-state index >= 15 is 0 Å². The third-order valence-electron chi connectivity index (χ3n) is 4.34. The fourth-order valence-electron chi connectivity index (χ4n) is 3.14. The molecule has 3 rings (SSSR count). The lowest BCUT2D eigenvalue weighted by Gasteiger charge is -2.35. The van der Waals surface area contributed by atoms with Gasteiger partial charge in [-0.1, -0.05) is 36.4 Å². The quantitative estimate of drug-likeness (QED) is 0.843. The van der Waals surface area contributed by atoms with Crippen molar-refractivity contribution in [1.82, 2.24) is 9.80 Å². The Kier molecular flexibility index (Phi) is 5.65. The minimum absolute atomic E-state index is 0.0589. The van der Waals surface area contributed by atoms with Gasteiger partial charge in [-0.15, -0.1) is 0 Å². The van der Waals surface area contributed by atoms with Crippen molar-refractivity contribution in [2.24, 2.45) is 0 Å². The monoisotopic (exact) mass is 354 g/mol. The van der Waals surface area contributed by atoms with Crippen molar-refractivity contribution in [2.45, 2.75) is 12.2 Å². The average molecular weight is 354 g/mol. The summed E-state index contributed by atoms with van der Waals surface area (Å²) < 4.78 is 0. The summed E-state index contributed by atoms with van der Waals surface area (Å²) in [5, 5.41) is 20.7. The minimum atomic E-state index is -0.886. The molecule has 6 heteroatoms. The van der Waals surface area contributed by atoms with Gasteiger partial charge in [0.25, 0.3) is 11.8 Å². The highest BCUT2D eigenvalue weighted by molar-refractivity contribution is 5.95. The van der Waals surface area contributed by atoms with Gasteiger partial charge in [-0.2, -0.15) is 0 Å². The number of nitrogens with zero attached hydrogens (tertiary/aromatic N) is 2. The topological polar surface area (TPSA) is 81.1 Å². The van der Waals surface area contributed by atoms with Gasteiger partial charge in [0, 0.05) is 37.3 Å². The largest absolute Gasteiger partial charge is 0.389 e. The van der Waals surface area contributed by atoms with Crippen LogP contribution in [-0.2, 0) is 0 Å². The second kappa shape index (κ2) is 8.12. The van der Waals surface area contributed by atoms with Crippen LogP contribution >= 0.6 is 0 Å². The van der Waals surface area contributed by atoms with Gasteiger partial charge >= 0.3 is 0 Å². The van der Waals surface area contributed by atoms with E-state index in [1.165, 1.54) is 9.80 Å². The Morgan fingerprint density at radius 2 is 0.962 bits per heavy atom. The molecule has 1 aliphatic rings. The molecule has 26 heavy (non-hydrogen) atoms. The van der Waals surface area contributed by atoms with E-state index in [-0.39, 0.29) is 38.0 Å². The van der Waals surface area contributed by atoms with E-state index in [2.05, 4.69) is 0 Å². The zero-order chi connectivity index (χ0) is 18.5. The lowest BCUT2D eigenvalue weighted by atomic mass is 10.1. The lowest BCUT2D eigenvalue weighted by molar-refractivity contribution is 0.00592. The van der Waals surface area contributed by atoms with Crippen molar-refractivity contribution >= 4 is 11.8 Å². The van der Waals surface area contributed by atoms with Gasteiger partial charge in [0.05, 0.1) is 12.2 Å². The van der Waals surface area contributed by atoms with Crippen molar-refractivity contribution in [2.75, 3.05) is 26.2 Å². The van der Waals surface area contributed by atoms with Gasteiger partial charge in [-0.05, 0) is 24.3 Å². The standard InChI is InChI=1S/C20H22N2O4/c23-17-11-21(19(25)15-7-3-1-4-8-15)12-18(24)14-22(13-17)20(26)16-9-5-2-6-10-16/h1-10,17-18,23-24H,11-14H2. The molecule has 2 aromatic rings. The summed E-state index contributed by atoms with van der Waals surface area (Å²) in [6.45, 7) is 0.236. The van der Waals surface area contributed by atoms with Gasteiger partial charge in [-0.25, -0.2) is 0 Å². The van der Waals surface area contributed by atoms with Crippen molar-refractivity contribution in [3.63, 3.8) is 0 Å². The molecular formula is C20H22N2O4. The average Bonchev–Trinajstić information content (AvgIpc) is 2.66. The number of aliphatic hydroxyl groups is 2. The Morgan fingerprint density at radius 1 is 0.654 bits per heavy atom. The minimum Gasteiger partial charge on any atom is -0.389 e. The number of amides is 2. The molecule has 2 amide bonds. The van der Waals surface area contributed by atoms with Gasteiger partial charge in [0.2, 0.25) is 0 Å². The number of hydrogen-bond acceptors (Lipinski definition) is 4. The second-order valence-corrected chi connectivity index (χ2v) is 6.46. The number of hydrogen-bond donors (Lipinski definition) is 2. The molecule has 6 nitrogen and oxygen atoms in total. The van der Waals surface area contributed by atoms with Gasteiger partial charge in [0.15, 0.2) is 0 Å². The molecule has 0 radical (unpaired) electrons. The van der Waals surface area contributed by atoms with Gasteiger partial charge in [0.1, 0.15) is 0 Å². The van der Waals surface area contributed by atoms with Crippen LogP contribution in [0.5, 0.6) is 0 Å². The fourth-order valence-corrected chi connectivity index (χ4v) is 3.14. The zero-order valence-electron chi connectivity index (χ0n) is 14.4. The third-order valence-corrected chi connectivity index (χ3v) is 4.34. The molecule has 0 aliphatic carbocycles. The van der Waals surface area contributed by atoms with E-state index in [9.17, 15) is 19.8 Å². The van der Waals surface area contributed by atoms with Crippen LogP contribution in [0, 0.1) is 0 Å². The second-order valence-electron chi connectivity index (χ2n) is 6.46. The summed E-state index contributed by atoms with van der Waals surface area (Å²) in [5.41, 5.74) is 1.01. The smallest absolute Gasteiger partial charge is 0.254 e. The molecule has 1 fully saturated rings. The molecule has 2 aromatic carbocycles. The highest BCUT2D eigenvalue weighted by Crippen LogP contribution is 2.13. The molecule has 1 heterocycles. The first-order valence-corrected chi connectivity index (χ1v) is 8.59. The molecule has 0 bridgehead atoms. The van der Waals surface area contributed by atoms with Crippen LogP contribution in [0.15, 0.2) is 60.7 Å². The molecule has 0 spiro atoms. The van der Waals surface area contributed by atoms with Crippen LogP contribution < -0.4 is 0 Å². The number of carbonyl (C=O) groups is 2. The zero-order valence-corrected chi connectivity index (χ0v) is 14.4. The predicted octanol–water partition coefficient (Wildman–Crippen LogP) is 1.01. The van der Waals surface area contributed by atoms with Crippen LogP contribution in [-0.4, -0.2) is 70.2 Å². The number of carbonyl (C=O) groups excluding carboxylic acids is 2. The van der Waals surface area contributed by atoms with E-state index < -0.39 is 12.2 Å². The maximum absolute atomic E-state index is 12.6. The summed E-state index contributed by atoms with van der Waals surface area (Å²) in [6.07, 6.45) is -1.77. The molecule has 0 saturated carbocycles. The van der Waals surface area contributed by atoms with Crippen LogP contribution in [0.3, 0.4) is 0 Å². The van der Waals surface area contributed by atoms with E-state index in [1.54, 1.807) is 48.5 Å². The molecule has 136 valence electrons. The highest BCUT2D eigenvalue weighted by atomic mass is 16.3. The maximum atomic E-state index is 12.6. The lowest BCUT2D eigenvalue weighted by Crippen LogP contribution is -2.53. The Labute approximate surface area is 152 Å². The molecule has 0 unspecified atom stereocenters. The molecule has 1 aliphatic heterocycles. The summed E-state index contributed by atoms with van der Waals surface area (Å²) in [4.78, 5) is 28.1. The molecule has 2 N–H and O–H groups in total. The van der Waals surface area contributed by atoms with E-state index in [4.69, 9.17) is 0 Å². The first-order chi connectivity index (χ1) is 12.5. The summed E-state index contributed by atoms with van der Waals surface area (Å²) in [6, 6.07) is 17.5. The number of β-amino-alcohol motifs (C(OH)–C–C–N with tert-alkyl or cyclic N) is 2. The Bertz CT molecular complexity index is 673. The normalized spacial score (nSPS) is 21.0. The van der Waals surface area contributed by atoms with E-state index in [0.717, 1.165) is 0 Å². The number of benzene rings is 2. The summed E-state index contributed by atoms with van der Waals surface area (Å²) >= 11 is 0. The van der Waals surface area contributed by atoms with Crippen LogP contribution in [0.1, 0.15) is 20.7 Å². The Morgan fingerprint density at radius 3 is 1.27 bits per heavy atom. The number of rotatable bonds is 2. The van der Waals surface area contributed by atoms with Crippen LogP contribution in [0.2, 0.25) is 0 Å². The van der Waals surface area contributed by atoms with Gasteiger partial charge in [-0.3, -0.25) is 9.59 Å². The summed E-state index contributed by atoms with van der Waals surface area (Å²) in [5.74, 6) is -0.488. The highest BCUT2D eigenvalue weighted by Gasteiger charge is 2.29. The third kappa shape index (κ3) is 4.28. The van der Waals surface area contributed by atoms with Crippen molar-refractivity contribution in [3.05, 3.63) is 71.8 Å². The molecule has 0 aromatic heterocycles. The SMILES string of the molecule is O=C(c1ccccc1)N1CC(O)CN(C(=O)c2ccccc2)CC(O)C1. The fraction of sp³-hybridized carbons (Fsp3) is 0.300. The molecule has 0 atom stereocenters. The van der Waals surface area contributed by atoms with E-state index in [0.29, 0.717) is 11.1 Å². The predicted molar refractivity (Wildman–Crippen MR) is 96.7 cm³/mol. The Hall–Kier alpha value is -2.70. The summed E-state index contributed by atoms with van der Waals surface area (Å²) in [7, 11) is 0.